The number of amides is 1. The molecule has 4 heterocycles. The maximum Gasteiger partial charge on any atom is 0.260 e. The van der Waals surface area contributed by atoms with Gasteiger partial charge in [-0.3, -0.25) is 4.79 Å². The van der Waals surface area contributed by atoms with E-state index in [-0.39, 0.29) is 23.3 Å². The minimum Gasteiger partial charge on any atom is -0.374 e. The van der Waals surface area contributed by atoms with Gasteiger partial charge in [0.25, 0.3) is 5.91 Å². The van der Waals surface area contributed by atoms with E-state index < -0.39 is 5.60 Å². The largest absolute Gasteiger partial charge is 0.374 e. The van der Waals surface area contributed by atoms with Crippen LogP contribution in [0.2, 0.25) is 5.28 Å². The van der Waals surface area contributed by atoms with E-state index in [9.17, 15) is 9.90 Å². The minimum absolute atomic E-state index is 0.129. The van der Waals surface area contributed by atoms with Crippen LogP contribution in [-0.2, 0) is 10.4 Å². The molecular formula is C16H14ClN7O2. The number of aliphatic hydroxyl groups is 1. The second-order valence-electron chi connectivity index (χ2n) is 5.98. The Balaban J connectivity index is 1.69. The topological polar surface area (TPSA) is 110 Å². The quantitative estimate of drug-likeness (QED) is 0.678. The Hall–Kier alpha value is -2.91. The molecule has 1 saturated heterocycles. The van der Waals surface area contributed by atoms with Crippen LogP contribution in [0.4, 0.5) is 0 Å². The van der Waals surface area contributed by atoms with Crippen molar-refractivity contribution in [3.05, 3.63) is 47.6 Å². The molecule has 1 fully saturated rings. The van der Waals surface area contributed by atoms with E-state index in [1.165, 1.54) is 15.8 Å². The van der Waals surface area contributed by atoms with Gasteiger partial charge in [0, 0.05) is 26.2 Å². The van der Waals surface area contributed by atoms with Crippen LogP contribution < -0.4 is 0 Å². The summed E-state index contributed by atoms with van der Waals surface area (Å²) >= 11 is 5.83. The van der Waals surface area contributed by atoms with E-state index in [0.717, 1.165) is 0 Å². The lowest BCUT2D eigenvalue weighted by Crippen LogP contribution is -2.36. The summed E-state index contributed by atoms with van der Waals surface area (Å²) < 4.78 is 1.41. The van der Waals surface area contributed by atoms with Gasteiger partial charge in [0.2, 0.25) is 5.28 Å². The summed E-state index contributed by atoms with van der Waals surface area (Å²) in [7, 11) is 1.64. The third-order valence-corrected chi connectivity index (χ3v) is 4.47. The molecule has 26 heavy (non-hydrogen) atoms. The van der Waals surface area contributed by atoms with Crippen molar-refractivity contribution in [2.75, 3.05) is 13.6 Å². The molecule has 132 valence electrons. The maximum atomic E-state index is 12.2. The molecule has 4 rings (SSSR count). The molecule has 0 bridgehead atoms. The van der Waals surface area contributed by atoms with Crippen LogP contribution in [0.1, 0.15) is 12.1 Å². The number of likely N-dealkylation sites (N-methyl/N-ethyl adjacent to an activating group) is 1. The lowest BCUT2D eigenvalue weighted by Gasteiger charge is -2.17. The van der Waals surface area contributed by atoms with Crippen molar-refractivity contribution in [3.63, 3.8) is 0 Å². The Kier molecular flexibility index (Phi) is 3.89. The van der Waals surface area contributed by atoms with Crippen LogP contribution in [0.15, 0.2) is 36.7 Å². The van der Waals surface area contributed by atoms with Gasteiger partial charge in [-0.05, 0) is 29.8 Å². The summed E-state index contributed by atoms with van der Waals surface area (Å²) in [6, 6.07) is 7.00. The third-order valence-electron chi connectivity index (χ3n) is 4.28. The van der Waals surface area contributed by atoms with Gasteiger partial charge in [0.1, 0.15) is 5.69 Å². The number of nitrogens with zero attached hydrogens (tertiary/aromatic N) is 7. The fraction of sp³-hybridized carbons (Fsp3) is 0.250. The Labute approximate surface area is 153 Å². The second-order valence-corrected chi connectivity index (χ2v) is 6.32. The predicted molar refractivity (Wildman–Crippen MR) is 91.3 cm³/mol. The van der Waals surface area contributed by atoms with Crippen molar-refractivity contribution in [2.24, 2.45) is 0 Å². The molecule has 0 unspecified atom stereocenters. The number of hydrogen-bond donors (Lipinski definition) is 1. The first-order valence-corrected chi connectivity index (χ1v) is 8.22. The molecule has 0 aromatic carbocycles. The van der Waals surface area contributed by atoms with E-state index in [2.05, 4.69) is 25.3 Å². The van der Waals surface area contributed by atoms with Crippen LogP contribution in [0, 0.1) is 0 Å². The minimum atomic E-state index is -1.65. The lowest BCUT2D eigenvalue weighted by molar-refractivity contribution is -0.143. The van der Waals surface area contributed by atoms with Crippen LogP contribution >= 0.6 is 11.6 Å². The number of hydrogen-bond acceptors (Lipinski definition) is 7. The first kappa shape index (κ1) is 16.6. The lowest BCUT2D eigenvalue weighted by atomic mass is 9.99. The molecule has 0 radical (unpaired) electrons. The molecular weight excluding hydrogens is 358 g/mol. The molecule has 10 heteroatoms. The highest BCUT2D eigenvalue weighted by atomic mass is 35.5. The van der Waals surface area contributed by atoms with Crippen LogP contribution in [0.5, 0.6) is 0 Å². The van der Waals surface area contributed by atoms with Crippen molar-refractivity contribution in [1.82, 2.24) is 34.8 Å². The number of rotatable bonds is 3. The average Bonchev–Trinajstić information content (AvgIpc) is 3.25. The first-order valence-electron chi connectivity index (χ1n) is 7.84. The zero-order chi connectivity index (χ0) is 18.3. The zero-order valence-electron chi connectivity index (χ0n) is 13.7. The Morgan fingerprint density at radius 2 is 2.04 bits per heavy atom. The van der Waals surface area contributed by atoms with Gasteiger partial charge in [-0.25, -0.2) is 19.6 Å². The van der Waals surface area contributed by atoms with Crippen molar-refractivity contribution in [3.8, 4) is 17.2 Å². The molecule has 0 aliphatic carbocycles. The molecule has 1 aliphatic heterocycles. The standard InChI is InChI=1S/C16H14ClN7O2/c1-23-8-6-16(26,14(23)25)12-9-24(22-21-12)13-4-2-3-10(19-13)11-5-7-18-15(17)20-11/h2-5,7,9,26H,6,8H2,1H3/t16-/m1/s1. The Bertz CT molecular complexity index is 992. The SMILES string of the molecule is CN1CC[C@@](O)(c2cn(-c3cccc(-c4ccnc(Cl)n4)n3)nn2)C1=O. The summed E-state index contributed by atoms with van der Waals surface area (Å²) in [5, 5.41) is 18.8. The van der Waals surface area contributed by atoms with Crippen molar-refractivity contribution in [2.45, 2.75) is 12.0 Å². The molecule has 1 atom stereocenters. The average molecular weight is 372 g/mol. The molecule has 3 aromatic heterocycles. The second kappa shape index (κ2) is 6.11. The van der Waals surface area contributed by atoms with Crippen LogP contribution in [-0.4, -0.2) is 59.5 Å². The van der Waals surface area contributed by atoms with Gasteiger partial charge in [-0.15, -0.1) is 5.10 Å². The van der Waals surface area contributed by atoms with Crippen LogP contribution in [0.3, 0.4) is 0 Å². The molecule has 1 amide bonds. The van der Waals surface area contributed by atoms with E-state index in [0.29, 0.717) is 23.8 Å². The molecule has 1 N–H and O–H groups in total. The van der Waals surface area contributed by atoms with Gasteiger partial charge in [0.15, 0.2) is 11.4 Å². The molecule has 0 saturated carbocycles. The smallest absolute Gasteiger partial charge is 0.260 e. The van der Waals surface area contributed by atoms with E-state index >= 15 is 0 Å². The maximum absolute atomic E-state index is 12.2. The zero-order valence-corrected chi connectivity index (χ0v) is 14.5. The van der Waals surface area contributed by atoms with Gasteiger partial charge in [-0.2, -0.15) is 0 Å². The first-order chi connectivity index (χ1) is 12.5. The van der Waals surface area contributed by atoms with Crippen molar-refractivity contribution in [1.29, 1.82) is 0 Å². The van der Waals surface area contributed by atoms with Crippen molar-refractivity contribution >= 4 is 17.5 Å². The highest BCUT2D eigenvalue weighted by Gasteiger charge is 2.47. The number of likely N-dealkylation sites (tertiary alicyclic amines) is 1. The summed E-state index contributed by atoms with van der Waals surface area (Å²) in [6.07, 6.45) is 3.33. The predicted octanol–water partition coefficient (Wildman–Crippen LogP) is 0.822. The highest BCUT2D eigenvalue weighted by molar-refractivity contribution is 6.28. The molecule has 9 nitrogen and oxygen atoms in total. The van der Waals surface area contributed by atoms with E-state index in [1.807, 2.05) is 0 Å². The summed E-state index contributed by atoms with van der Waals surface area (Å²) in [6.45, 7) is 0.463. The Morgan fingerprint density at radius 3 is 2.77 bits per heavy atom. The van der Waals surface area contributed by atoms with Gasteiger partial charge >= 0.3 is 0 Å². The van der Waals surface area contributed by atoms with Crippen LogP contribution in [0.25, 0.3) is 17.2 Å². The number of halogens is 1. The normalized spacial score (nSPS) is 20.0. The number of aromatic nitrogens is 6. The molecule has 1 aliphatic rings. The summed E-state index contributed by atoms with van der Waals surface area (Å²) in [5.74, 6) is 0.0836. The van der Waals surface area contributed by atoms with Crippen molar-refractivity contribution < 1.29 is 9.90 Å². The third kappa shape index (κ3) is 2.71. The highest BCUT2D eigenvalue weighted by Crippen LogP contribution is 2.31. The van der Waals surface area contributed by atoms with E-state index in [4.69, 9.17) is 11.6 Å². The van der Waals surface area contributed by atoms with Gasteiger partial charge in [0.05, 0.1) is 17.6 Å². The summed E-state index contributed by atoms with van der Waals surface area (Å²) in [4.78, 5) is 26.1. The van der Waals surface area contributed by atoms with E-state index in [1.54, 1.807) is 37.5 Å². The van der Waals surface area contributed by atoms with Gasteiger partial charge in [-0.1, -0.05) is 11.3 Å². The number of carbonyl (C=O) groups excluding carboxylic acids is 1. The fourth-order valence-electron chi connectivity index (χ4n) is 2.83. The number of pyridine rings is 1. The Morgan fingerprint density at radius 1 is 1.23 bits per heavy atom. The fourth-order valence-corrected chi connectivity index (χ4v) is 2.98. The number of carbonyl (C=O) groups is 1. The molecule has 0 spiro atoms. The van der Waals surface area contributed by atoms with Gasteiger partial charge < -0.3 is 10.0 Å². The monoisotopic (exact) mass is 371 g/mol. The molecule has 3 aromatic rings. The summed E-state index contributed by atoms with van der Waals surface area (Å²) in [5.41, 5.74) is -0.299.